The van der Waals surface area contributed by atoms with Crippen LogP contribution in [0.2, 0.25) is 10.2 Å². The molecular formula is C10H13Cl2NO. The number of ether oxygens (including phenoxy) is 1. The van der Waals surface area contributed by atoms with Crippen molar-refractivity contribution in [3.63, 3.8) is 0 Å². The molecule has 0 aromatic carbocycles. The second kappa shape index (κ2) is 5.54. The lowest BCUT2D eigenvalue weighted by Gasteiger charge is -2.07. The lowest BCUT2D eigenvalue weighted by molar-refractivity contribution is 0.150. The first-order valence-corrected chi connectivity index (χ1v) is 5.30. The van der Waals surface area contributed by atoms with Gasteiger partial charge in [-0.15, -0.1) is 0 Å². The number of nitrogens with zero attached hydrogens (tertiary/aromatic N) is 1. The van der Waals surface area contributed by atoms with Gasteiger partial charge in [0.1, 0.15) is 5.15 Å². The number of hydrogen-bond donors (Lipinski definition) is 0. The molecule has 0 aliphatic carbocycles. The Hall–Kier alpha value is -0.310. The number of aromatic nitrogens is 1. The van der Waals surface area contributed by atoms with E-state index in [0.717, 1.165) is 24.3 Å². The molecule has 78 valence electrons. The van der Waals surface area contributed by atoms with Gasteiger partial charge >= 0.3 is 0 Å². The largest absolute Gasteiger partial charge is 0.381 e. The van der Waals surface area contributed by atoms with Crippen LogP contribution >= 0.6 is 23.2 Å². The number of hydrogen-bond acceptors (Lipinski definition) is 2. The van der Waals surface area contributed by atoms with Gasteiger partial charge in [-0.2, -0.15) is 0 Å². The van der Waals surface area contributed by atoms with Crippen LogP contribution in [0.3, 0.4) is 0 Å². The van der Waals surface area contributed by atoms with Gasteiger partial charge in [0.05, 0.1) is 6.61 Å². The SMILES string of the molecule is CCOCCc1c(Cl)cc(Cl)nc1C. The van der Waals surface area contributed by atoms with Crippen molar-refractivity contribution in [1.82, 2.24) is 4.98 Å². The second-order valence-electron chi connectivity index (χ2n) is 2.94. The molecule has 1 aromatic rings. The van der Waals surface area contributed by atoms with E-state index in [1.54, 1.807) is 6.07 Å². The monoisotopic (exact) mass is 233 g/mol. The minimum atomic E-state index is 0.438. The standard InChI is InChI=1S/C10H13Cl2NO/c1-3-14-5-4-8-7(2)13-10(12)6-9(8)11/h6H,3-5H2,1-2H3. The molecule has 0 amide bonds. The molecule has 0 N–H and O–H groups in total. The van der Waals surface area contributed by atoms with Crippen molar-refractivity contribution >= 4 is 23.2 Å². The van der Waals surface area contributed by atoms with Gasteiger partial charge in [0.2, 0.25) is 0 Å². The van der Waals surface area contributed by atoms with Crippen molar-refractivity contribution in [2.45, 2.75) is 20.3 Å². The van der Waals surface area contributed by atoms with Gasteiger partial charge in [0.15, 0.2) is 0 Å². The molecule has 0 saturated carbocycles. The molecule has 0 spiro atoms. The third kappa shape index (κ3) is 3.12. The van der Waals surface area contributed by atoms with Gasteiger partial charge in [-0.25, -0.2) is 4.98 Å². The maximum Gasteiger partial charge on any atom is 0.130 e. The molecule has 0 fully saturated rings. The quantitative estimate of drug-likeness (QED) is 0.589. The van der Waals surface area contributed by atoms with Gasteiger partial charge < -0.3 is 4.74 Å². The first-order valence-electron chi connectivity index (χ1n) is 4.54. The Balaban J connectivity index is 2.75. The number of aryl methyl sites for hydroxylation is 1. The van der Waals surface area contributed by atoms with E-state index >= 15 is 0 Å². The summed E-state index contributed by atoms with van der Waals surface area (Å²) in [6, 6.07) is 1.66. The van der Waals surface area contributed by atoms with E-state index in [1.807, 2.05) is 13.8 Å². The Morgan fingerprint density at radius 1 is 1.43 bits per heavy atom. The summed E-state index contributed by atoms with van der Waals surface area (Å²) in [4.78, 5) is 4.14. The highest BCUT2D eigenvalue weighted by molar-refractivity contribution is 6.34. The summed E-state index contributed by atoms with van der Waals surface area (Å²) in [5.41, 5.74) is 1.90. The summed E-state index contributed by atoms with van der Waals surface area (Å²) in [5, 5.41) is 1.11. The Kier molecular flexibility index (Phi) is 4.66. The first-order chi connectivity index (χ1) is 6.65. The number of pyridine rings is 1. The van der Waals surface area contributed by atoms with E-state index in [-0.39, 0.29) is 0 Å². The number of halogens is 2. The molecule has 4 heteroatoms. The third-order valence-corrected chi connectivity index (χ3v) is 2.48. The van der Waals surface area contributed by atoms with E-state index in [1.165, 1.54) is 0 Å². The predicted molar refractivity (Wildman–Crippen MR) is 59.2 cm³/mol. The highest BCUT2D eigenvalue weighted by Gasteiger charge is 2.06. The van der Waals surface area contributed by atoms with Gasteiger partial charge in [-0.05, 0) is 31.9 Å². The highest BCUT2D eigenvalue weighted by Crippen LogP contribution is 2.22. The summed E-state index contributed by atoms with van der Waals surface area (Å²) in [5.74, 6) is 0. The maximum atomic E-state index is 6.03. The van der Waals surface area contributed by atoms with E-state index < -0.39 is 0 Å². The molecule has 0 saturated heterocycles. The average Bonchev–Trinajstić information content (AvgIpc) is 2.09. The Morgan fingerprint density at radius 2 is 2.14 bits per heavy atom. The van der Waals surface area contributed by atoms with E-state index in [0.29, 0.717) is 16.8 Å². The van der Waals surface area contributed by atoms with Crippen molar-refractivity contribution in [3.05, 3.63) is 27.5 Å². The van der Waals surface area contributed by atoms with Gasteiger partial charge in [0.25, 0.3) is 0 Å². The van der Waals surface area contributed by atoms with Crippen LogP contribution in [0, 0.1) is 6.92 Å². The minimum Gasteiger partial charge on any atom is -0.381 e. The molecule has 1 heterocycles. The highest BCUT2D eigenvalue weighted by atomic mass is 35.5. The van der Waals surface area contributed by atoms with E-state index in [9.17, 15) is 0 Å². The Morgan fingerprint density at radius 3 is 2.71 bits per heavy atom. The number of rotatable bonds is 4. The molecular weight excluding hydrogens is 221 g/mol. The Bertz CT molecular complexity index is 292. The van der Waals surface area contributed by atoms with Crippen molar-refractivity contribution < 1.29 is 4.74 Å². The van der Waals surface area contributed by atoms with Crippen LogP contribution in [0.25, 0.3) is 0 Å². The summed E-state index contributed by atoms with van der Waals surface area (Å²) >= 11 is 11.8. The van der Waals surface area contributed by atoms with E-state index in [2.05, 4.69) is 4.98 Å². The van der Waals surface area contributed by atoms with Gasteiger partial charge in [-0.3, -0.25) is 0 Å². The van der Waals surface area contributed by atoms with Crippen LogP contribution in [0.15, 0.2) is 6.07 Å². The summed E-state index contributed by atoms with van der Waals surface area (Å²) in [6.07, 6.45) is 0.780. The summed E-state index contributed by atoms with van der Waals surface area (Å²) in [6.45, 7) is 5.26. The average molecular weight is 234 g/mol. The smallest absolute Gasteiger partial charge is 0.130 e. The fourth-order valence-electron chi connectivity index (χ4n) is 1.24. The van der Waals surface area contributed by atoms with Crippen LogP contribution in [0.1, 0.15) is 18.2 Å². The Labute approximate surface area is 94.2 Å². The zero-order valence-corrected chi connectivity index (χ0v) is 9.82. The minimum absolute atomic E-state index is 0.438. The first kappa shape index (κ1) is 11.8. The van der Waals surface area contributed by atoms with Crippen molar-refractivity contribution in [2.24, 2.45) is 0 Å². The van der Waals surface area contributed by atoms with Crippen molar-refractivity contribution in [1.29, 1.82) is 0 Å². The molecule has 0 unspecified atom stereocenters. The predicted octanol–water partition coefficient (Wildman–Crippen LogP) is 3.28. The summed E-state index contributed by atoms with van der Waals surface area (Å²) in [7, 11) is 0. The zero-order valence-electron chi connectivity index (χ0n) is 8.31. The lowest BCUT2D eigenvalue weighted by Crippen LogP contribution is -2.02. The van der Waals surface area contributed by atoms with Gasteiger partial charge in [-0.1, -0.05) is 23.2 Å². The second-order valence-corrected chi connectivity index (χ2v) is 3.73. The van der Waals surface area contributed by atoms with E-state index in [4.69, 9.17) is 27.9 Å². The van der Waals surface area contributed by atoms with Crippen molar-refractivity contribution in [2.75, 3.05) is 13.2 Å². The van der Waals surface area contributed by atoms with Crippen LogP contribution in [-0.4, -0.2) is 18.2 Å². The molecule has 0 aliphatic rings. The molecule has 0 radical (unpaired) electrons. The van der Waals surface area contributed by atoms with Crippen LogP contribution < -0.4 is 0 Å². The molecule has 14 heavy (non-hydrogen) atoms. The fraction of sp³-hybridized carbons (Fsp3) is 0.500. The molecule has 0 bridgehead atoms. The van der Waals surface area contributed by atoms with Crippen LogP contribution in [0.4, 0.5) is 0 Å². The third-order valence-electron chi connectivity index (χ3n) is 1.95. The van der Waals surface area contributed by atoms with Crippen LogP contribution in [0.5, 0.6) is 0 Å². The molecule has 0 atom stereocenters. The fourth-order valence-corrected chi connectivity index (χ4v) is 1.87. The zero-order chi connectivity index (χ0) is 10.6. The molecule has 1 rings (SSSR count). The normalized spacial score (nSPS) is 10.6. The lowest BCUT2D eigenvalue weighted by atomic mass is 10.1. The molecule has 0 aliphatic heterocycles. The topological polar surface area (TPSA) is 22.1 Å². The summed E-state index contributed by atoms with van der Waals surface area (Å²) < 4.78 is 5.26. The van der Waals surface area contributed by atoms with Crippen LogP contribution in [-0.2, 0) is 11.2 Å². The maximum absolute atomic E-state index is 6.03. The molecule has 1 aromatic heterocycles. The van der Waals surface area contributed by atoms with Gasteiger partial charge in [0, 0.05) is 17.3 Å². The molecule has 2 nitrogen and oxygen atoms in total. The van der Waals surface area contributed by atoms with Crippen molar-refractivity contribution in [3.8, 4) is 0 Å².